The maximum Gasteiger partial charge on any atom is 0.431 e. The first kappa shape index (κ1) is 14.3. The molecule has 0 bridgehead atoms. The van der Waals surface area contributed by atoms with E-state index in [1.807, 2.05) is 36.4 Å². The first-order chi connectivity index (χ1) is 10.8. The molecule has 0 heterocycles. The van der Waals surface area contributed by atoms with Gasteiger partial charge in [-0.05, 0) is 22.3 Å². The van der Waals surface area contributed by atoms with E-state index in [9.17, 15) is 9.59 Å². The second-order valence-electron chi connectivity index (χ2n) is 4.91. The molecule has 0 spiro atoms. The summed E-state index contributed by atoms with van der Waals surface area (Å²) in [6.07, 6.45) is -0.160. The molecule has 5 heteroatoms. The lowest BCUT2D eigenvalue weighted by Gasteiger charge is -2.14. The van der Waals surface area contributed by atoms with Crippen molar-refractivity contribution >= 4 is 12.4 Å². The minimum atomic E-state index is -0.705. The number of hydrogen-bond donors (Lipinski definition) is 1. The third-order valence-electron chi connectivity index (χ3n) is 3.65. The smallest absolute Gasteiger partial charge is 0.431 e. The lowest BCUT2D eigenvalue weighted by Crippen LogP contribution is -2.27. The van der Waals surface area contributed by atoms with E-state index in [1.54, 1.807) is 0 Å². The summed E-state index contributed by atoms with van der Waals surface area (Å²) in [4.78, 5) is 26.2. The van der Waals surface area contributed by atoms with Crippen LogP contribution >= 0.6 is 0 Å². The van der Waals surface area contributed by atoms with Gasteiger partial charge in [0.25, 0.3) is 0 Å². The van der Waals surface area contributed by atoms with Gasteiger partial charge in [-0.1, -0.05) is 48.5 Å². The van der Waals surface area contributed by atoms with Crippen molar-refractivity contribution in [3.8, 4) is 11.1 Å². The molecule has 0 radical (unpaired) electrons. The molecule has 0 aromatic heterocycles. The van der Waals surface area contributed by atoms with Crippen LogP contribution in [0.1, 0.15) is 17.0 Å². The number of rotatable bonds is 5. The first-order valence-corrected chi connectivity index (χ1v) is 6.97. The van der Waals surface area contributed by atoms with Crippen molar-refractivity contribution in [1.29, 1.82) is 0 Å². The third kappa shape index (κ3) is 2.71. The molecule has 112 valence electrons. The summed E-state index contributed by atoms with van der Waals surface area (Å²) >= 11 is 0. The molecule has 0 unspecified atom stereocenters. The van der Waals surface area contributed by atoms with Crippen molar-refractivity contribution in [1.82, 2.24) is 5.48 Å². The summed E-state index contributed by atoms with van der Waals surface area (Å²) in [5.74, 6) is 0.00391. The van der Waals surface area contributed by atoms with Gasteiger partial charge in [0.1, 0.15) is 19.5 Å². The highest BCUT2D eigenvalue weighted by Crippen LogP contribution is 2.44. The Morgan fingerprint density at radius 1 is 1.05 bits per heavy atom. The lowest BCUT2D eigenvalue weighted by molar-refractivity contribution is -0.113. The number of hydroxylamine groups is 1. The lowest BCUT2D eigenvalue weighted by atomic mass is 9.98. The van der Waals surface area contributed by atoms with E-state index in [0.29, 0.717) is 6.29 Å². The molecule has 22 heavy (non-hydrogen) atoms. The van der Waals surface area contributed by atoms with E-state index in [4.69, 9.17) is 4.74 Å². The van der Waals surface area contributed by atoms with Gasteiger partial charge in [-0.3, -0.25) is 4.84 Å². The first-order valence-electron chi connectivity index (χ1n) is 6.97. The van der Waals surface area contributed by atoms with Gasteiger partial charge in [0.2, 0.25) is 0 Å². The second kappa shape index (κ2) is 6.41. The van der Waals surface area contributed by atoms with E-state index in [-0.39, 0.29) is 19.1 Å². The average molecular weight is 297 g/mol. The molecule has 1 aliphatic rings. The van der Waals surface area contributed by atoms with Crippen LogP contribution in [0.2, 0.25) is 0 Å². The van der Waals surface area contributed by atoms with Gasteiger partial charge in [0.15, 0.2) is 0 Å². The van der Waals surface area contributed by atoms with Gasteiger partial charge in [0, 0.05) is 5.92 Å². The Hall–Kier alpha value is -2.66. The zero-order valence-corrected chi connectivity index (χ0v) is 11.8. The fourth-order valence-corrected chi connectivity index (χ4v) is 2.76. The van der Waals surface area contributed by atoms with Crippen molar-refractivity contribution in [2.24, 2.45) is 0 Å². The molecule has 2 aromatic carbocycles. The zero-order valence-electron chi connectivity index (χ0n) is 11.8. The summed E-state index contributed by atoms with van der Waals surface area (Å²) in [6.45, 7) is 0.00844. The number of carbonyl (C=O) groups excluding carboxylic acids is 2. The molecular weight excluding hydrogens is 282 g/mol. The predicted octanol–water partition coefficient (Wildman–Crippen LogP) is 2.66. The zero-order chi connectivity index (χ0) is 15.4. The van der Waals surface area contributed by atoms with Gasteiger partial charge in [-0.25, -0.2) is 4.79 Å². The molecule has 1 N–H and O–H groups in total. The molecule has 0 atom stereocenters. The van der Waals surface area contributed by atoms with E-state index < -0.39 is 6.09 Å². The molecule has 2 aromatic rings. The molecule has 3 rings (SSSR count). The van der Waals surface area contributed by atoms with Gasteiger partial charge >= 0.3 is 6.09 Å². The quantitative estimate of drug-likeness (QED) is 0.523. The van der Waals surface area contributed by atoms with Crippen LogP contribution < -0.4 is 5.48 Å². The van der Waals surface area contributed by atoms with E-state index in [1.165, 1.54) is 11.1 Å². The van der Waals surface area contributed by atoms with E-state index in [2.05, 4.69) is 22.5 Å². The number of aldehydes is 1. The highest BCUT2D eigenvalue weighted by Gasteiger charge is 2.28. The Labute approximate surface area is 127 Å². The maximum atomic E-state index is 11.5. The van der Waals surface area contributed by atoms with Crippen LogP contribution in [0.15, 0.2) is 48.5 Å². The standard InChI is InChI=1S/C17H15NO4/c19-9-10-22-18-17(20)21-11-16-14-7-3-1-5-12(14)13-6-2-4-8-15(13)16/h1-9,16H,10-11H2,(H,18,20). The Kier molecular flexibility index (Phi) is 4.16. The minimum absolute atomic E-state index is 0.00391. The Balaban J connectivity index is 1.74. The van der Waals surface area contributed by atoms with Gasteiger partial charge in [0.05, 0.1) is 0 Å². The van der Waals surface area contributed by atoms with Crippen molar-refractivity contribution in [3.05, 3.63) is 59.7 Å². The number of carbonyl (C=O) groups is 2. The largest absolute Gasteiger partial charge is 0.447 e. The molecule has 0 saturated carbocycles. The van der Waals surface area contributed by atoms with Crippen molar-refractivity contribution in [2.75, 3.05) is 13.2 Å². The van der Waals surface area contributed by atoms with Gasteiger partial charge in [-0.2, -0.15) is 5.48 Å². The van der Waals surface area contributed by atoms with E-state index >= 15 is 0 Å². The SMILES string of the molecule is O=CCONC(=O)OCC1c2ccccc2-c2ccccc21. The topological polar surface area (TPSA) is 64.6 Å². The van der Waals surface area contributed by atoms with Crippen LogP contribution in [0.25, 0.3) is 11.1 Å². The molecule has 0 saturated heterocycles. The number of amides is 1. The van der Waals surface area contributed by atoms with Crippen molar-refractivity contribution in [2.45, 2.75) is 5.92 Å². The number of nitrogens with one attached hydrogen (secondary N) is 1. The van der Waals surface area contributed by atoms with Crippen LogP contribution in [0.4, 0.5) is 4.79 Å². The molecule has 1 amide bonds. The molecule has 0 aliphatic heterocycles. The summed E-state index contributed by atoms with van der Waals surface area (Å²) < 4.78 is 5.20. The van der Waals surface area contributed by atoms with E-state index in [0.717, 1.165) is 11.1 Å². The van der Waals surface area contributed by atoms with Gasteiger partial charge < -0.3 is 9.53 Å². The van der Waals surface area contributed by atoms with Crippen LogP contribution in [0, 0.1) is 0 Å². The van der Waals surface area contributed by atoms with Crippen molar-refractivity contribution in [3.63, 3.8) is 0 Å². The average Bonchev–Trinajstić information content (AvgIpc) is 2.87. The highest BCUT2D eigenvalue weighted by molar-refractivity contribution is 5.79. The van der Waals surface area contributed by atoms with Crippen LogP contribution in [-0.4, -0.2) is 25.6 Å². The summed E-state index contributed by atoms with van der Waals surface area (Å²) in [6, 6.07) is 16.2. The summed E-state index contributed by atoms with van der Waals surface area (Å²) in [5.41, 5.74) is 6.69. The Morgan fingerprint density at radius 3 is 2.23 bits per heavy atom. The number of benzene rings is 2. The molecule has 5 nitrogen and oxygen atoms in total. The molecule has 0 fully saturated rings. The fourth-order valence-electron chi connectivity index (χ4n) is 2.76. The normalized spacial score (nSPS) is 12.4. The van der Waals surface area contributed by atoms with Crippen molar-refractivity contribution < 1.29 is 19.2 Å². The second-order valence-corrected chi connectivity index (χ2v) is 4.91. The minimum Gasteiger partial charge on any atom is -0.447 e. The Morgan fingerprint density at radius 2 is 1.64 bits per heavy atom. The Bertz CT molecular complexity index is 653. The highest BCUT2D eigenvalue weighted by atomic mass is 16.7. The number of ether oxygens (including phenoxy) is 1. The summed E-state index contributed by atoms with van der Waals surface area (Å²) in [5, 5.41) is 0. The van der Waals surface area contributed by atoms with Crippen LogP contribution in [-0.2, 0) is 14.4 Å². The van der Waals surface area contributed by atoms with Crippen LogP contribution in [0.5, 0.6) is 0 Å². The summed E-state index contributed by atoms with van der Waals surface area (Å²) in [7, 11) is 0. The fraction of sp³-hybridized carbons (Fsp3) is 0.176. The monoisotopic (exact) mass is 297 g/mol. The third-order valence-corrected chi connectivity index (χ3v) is 3.65. The number of fused-ring (bicyclic) bond motifs is 3. The maximum absolute atomic E-state index is 11.5. The number of hydrogen-bond acceptors (Lipinski definition) is 4. The van der Waals surface area contributed by atoms with Crippen LogP contribution in [0.3, 0.4) is 0 Å². The van der Waals surface area contributed by atoms with Gasteiger partial charge in [-0.15, -0.1) is 0 Å². The molecular formula is C17H15NO4. The molecule has 1 aliphatic carbocycles. The predicted molar refractivity (Wildman–Crippen MR) is 80.2 cm³/mol.